The highest BCUT2D eigenvalue weighted by molar-refractivity contribution is 7.88. The highest BCUT2D eigenvalue weighted by atomic mass is 32.2. The van der Waals surface area contributed by atoms with Gasteiger partial charge in [-0.3, -0.25) is 4.79 Å². The molecule has 0 atom stereocenters. The van der Waals surface area contributed by atoms with Gasteiger partial charge >= 0.3 is 15.6 Å². The van der Waals surface area contributed by atoms with Gasteiger partial charge in [0.05, 0.1) is 10.9 Å². The predicted molar refractivity (Wildman–Crippen MR) is 172 cm³/mol. The van der Waals surface area contributed by atoms with Gasteiger partial charge in [-0.1, -0.05) is 60.7 Å². The van der Waals surface area contributed by atoms with Gasteiger partial charge in [-0.25, -0.2) is 0 Å². The Morgan fingerprint density at radius 3 is 1.85 bits per heavy atom. The van der Waals surface area contributed by atoms with Gasteiger partial charge in [0.1, 0.15) is 24.7 Å². The van der Waals surface area contributed by atoms with E-state index in [4.69, 9.17) is 13.7 Å². The highest BCUT2D eigenvalue weighted by Gasteiger charge is 2.49. The molecule has 0 aliphatic carbocycles. The van der Waals surface area contributed by atoms with E-state index >= 15 is 0 Å². The van der Waals surface area contributed by atoms with Gasteiger partial charge in [0.2, 0.25) is 0 Å². The van der Waals surface area contributed by atoms with Crippen LogP contribution in [-0.4, -0.2) is 37.8 Å². The summed E-state index contributed by atoms with van der Waals surface area (Å²) < 4.78 is 82.0. The summed E-state index contributed by atoms with van der Waals surface area (Å²) in [4.78, 5) is 15.9. The van der Waals surface area contributed by atoms with Gasteiger partial charge in [0.25, 0.3) is 5.91 Å². The van der Waals surface area contributed by atoms with E-state index in [9.17, 15) is 26.4 Å². The van der Waals surface area contributed by atoms with E-state index in [0.717, 1.165) is 28.5 Å². The summed E-state index contributed by atoms with van der Waals surface area (Å²) in [6.07, 6.45) is 0. The van der Waals surface area contributed by atoms with Gasteiger partial charge in [0.15, 0.2) is 5.75 Å². The molecular formula is C34H30F3NO6S2. The van der Waals surface area contributed by atoms with Crippen LogP contribution < -0.4 is 13.7 Å². The van der Waals surface area contributed by atoms with E-state index in [1.807, 2.05) is 36.4 Å². The Bertz CT molecular complexity index is 1910. The fourth-order valence-corrected chi connectivity index (χ4v) is 6.45. The summed E-state index contributed by atoms with van der Waals surface area (Å²) >= 11 is 1.12. The number of carbonyl (C=O) groups is 1. The second kappa shape index (κ2) is 13.8. The van der Waals surface area contributed by atoms with Crippen molar-refractivity contribution in [2.45, 2.75) is 32.6 Å². The number of rotatable bonds is 12. The van der Waals surface area contributed by atoms with Gasteiger partial charge in [-0.15, -0.1) is 11.3 Å². The number of benzene rings is 4. The Morgan fingerprint density at radius 2 is 1.33 bits per heavy atom. The van der Waals surface area contributed by atoms with Crippen LogP contribution in [0.25, 0.3) is 20.5 Å². The lowest BCUT2D eigenvalue weighted by Crippen LogP contribution is -2.31. The minimum absolute atomic E-state index is 0.0311. The van der Waals surface area contributed by atoms with Crippen LogP contribution in [0.1, 0.15) is 35.3 Å². The van der Waals surface area contributed by atoms with Crippen LogP contribution in [-0.2, 0) is 23.3 Å². The lowest BCUT2D eigenvalue weighted by molar-refractivity contribution is -0.0499. The maximum absolute atomic E-state index is 14.0. The van der Waals surface area contributed by atoms with Crippen LogP contribution in [0.2, 0.25) is 0 Å². The van der Waals surface area contributed by atoms with Crippen molar-refractivity contribution in [3.63, 3.8) is 0 Å². The molecule has 0 N–H and O–H groups in total. The minimum atomic E-state index is -6.08. The smallest absolute Gasteiger partial charge is 0.489 e. The number of hydrogen-bond acceptors (Lipinski definition) is 7. The number of amides is 1. The van der Waals surface area contributed by atoms with Gasteiger partial charge in [0, 0.05) is 28.7 Å². The summed E-state index contributed by atoms with van der Waals surface area (Å²) in [6, 6.07) is 28.2. The summed E-state index contributed by atoms with van der Waals surface area (Å²) in [5.74, 6) is -0.494. The molecular weight excluding hydrogens is 640 g/mol. The van der Waals surface area contributed by atoms with E-state index in [1.54, 1.807) is 68.4 Å². The third kappa shape index (κ3) is 7.29. The van der Waals surface area contributed by atoms with Crippen molar-refractivity contribution in [3.8, 4) is 27.7 Å². The molecule has 5 rings (SSSR count). The molecule has 0 fully saturated rings. The average molecular weight is 670 g/mol. The molecule has 1 amide bonds. The molecule has 0 aliphatic rings. The molecule has 240 valence electrons. The van der Waals surface area contributed by atoms with E-state index in [-0.39, 0.29) is 23.3 Å². The first-order valence-corrected chi connectivity index (χ1v) is 16.6. The molecule has 1 heterocycles. The molecule has 5 aromatic rings. The molecule has 1 aromatic heterocycles. The zero-order chi connectivity index (χ0) is 32.9. The molecule has 4 aromatic carbocycles. The molecule has 0 aliphatic heterocycles. The fourth-order valence-electron chi connectivity index (χ4n) is 4.74. The van der Waals surface area contributed by atoms with Crippen molar-refractivity contribution in [1.29, 1.82) is 0 Å². The summed E-state index contributed by atoms with van der Waals surface area (Å²) in [6.45, 7) is 4.58. The maximum atomic E-state index is 14.0. The molecule has 0 radical (unpaired) electrons. The molecule has 0 unspecified atom stereocenters. The van der Waals surface area contributed by atoms with Crippen molar-refractivity contribution < 1.29 is 40.0 Å². The lowest BCUT2D eigenvalue weighted by Gasteiger charge is -2.20. The first-order chi connectivity index (χ1) is 22.0. The average Bonchev–Trinajstić information content (AvgIpc) is 3.44. The van der Waals surface area contributed by atoms with E-state index < -0.39 is 27.3 Å². The first-order valence-electron chi connectivity index (χ1n) is 14.3. The van der Waals surface area contributed by atoms with Crippen LogP contribution in [0.15, 0.2) is 97.1 Å². The topological polar surface area (TPSA) is 82.1 Å². The second-order valence-corrected chi connectivity index (χ2v) is 12.7. The van der Waals surface area contributed by atoms with Crippen molar-refractivity contribution >= 4 is 37.4 Å². The predicted octanol–water partition coefficient (Wildman–Crippen LogP) is 8.44. The van der Waals surface area contributed by atoms with Crippen LogP contribution in [0.4, 0.5) is 13.2 Å². The van der Waals surface area contributed by atoms with Crippen molar-refractivity contribution in [2.75, 3.05) is 13.1 Å². The second-order valence-electron chi connectivity index (χ2n) is 10.1. The largest absolute Gasteiger partial charge is 0.534 e. The Morgan fingerprint density at radius 1 is 0.783 bits per heavy atom. The van der Waals surface area contributed by atoms with Gasteiger partial charge in [-0.2, -0.15) is 21.6 Å². The number of ether oxygens (including phenoxy) is 2. The van der Waals surface area contributed by atoms with Crippen molar-refractivity contribution in [1.82, 2.24) is 4.90 Å². The molecule has 0 saturated heterocycles. The Kier molecular flexibility index (Phi) is 9.88. The Balaban J connectivity index is 1.62. The number of fused-ring (bicyclic) bond motifs is 1. The molecule has 0 saturated carbocycles. The summed E-state index contributed by atoms with van der Waals surface area (Å²) in [5, 5.41) is -0.0545. The van der Waals surface area contributed by atoms with E-state index in [2.05, 4.69) is 0 Å². The quantitative estimate of drug-likeness (QED) is 0.0980. The standard InChI is InChI=1S/C34H30F3NO6S2/c1-3-38(4-2)33(39)31-30-28(44-46(40,41)34(35,36)37)19-27(43-22-24-13-9-6-10-14-24)20-29(30)45-32(31)25-15-17-26(18-16-25)42-21-23-11-7-5-8-12-23/h5-20H,3-4,21-22H2,1-2H3. The number of thiophene rings is 1. The molecule has 0 bridgehead atoms. The summed E-state index contributed by atoms with van der Waals surface area (Å²) in [7, 11) is -6.08. The Hall–Kier alpha value is -4.55. The third-order valence-corrected chi connectivity index (χ3v) is 9.24. The van der Waals surface area contributed by atoms with Crippen LogP contribution in [0.3, 0.4) is 0 Å². The van der Waals surface area contributed by atoms with Crippen LogP contribution >= 0.6 is 11.3 Å². The Labute approximate surface area is 268 Å². The number of halogens is 3. The lowest BCUT2D eigenvalue weighted by atomic mass is 10.0. The van der Waals surface area contributed by atoms with Gasteiger partial charge < -0.3 is 18.6 Å². The molecule has 46 heavy (non-hydrogen) atoms. The molecule has 12 heteroatoms. The highest BCUT2D eigenvalue weighted by Crippen LogP contribution is 2.47. The van der Waals surface area contributed by atoms with Crippen molar-refractivity contribution in [2.24, 2.45) is 0 Å². The molecule has 0 spiro atoms. The zero-order valence-electron chi connectivity index (χ0n) is 24.9. The van der Waals surface area contributed by atoms with Crippen molar-refractivity contribution in [3.05, 3.63) is 114 Å². The normalized spacial score (nSPS) is 11.8. The van der Waals surface area contributed by atoms with Crippen LogP contribution in [0.5, 0.6) is 17.2 Å². The number of alkyl halides is 3. The number of hydrogen-bond donors (Lipinski definition) is 0. The minimum Gasteiger partial charge on any atom is -0.489 e. The number of nitrogens with zero attached hydrogens (tertiary/aromatic N) is 1. The van der Waals surface area contributed by atoms with Crippen LogP contribution in [0, 0.1) is 0 Å². The van der Waals surface area contributed by atoms with E-state index in [1.165, 1.54) is 4.90 Å². The SMILES string of the molecule is CCN(CC)C(=O)c1c(-c2ccc(OCc3ccccc3)cc2)sc2cc(OCc3ccccc3)cc(OS(=O)(=O)C(F)(F)F)c12. The monoisotopic (exact) mass is 669 g/mol. The van der Waals surface area contributed by atoms with E-state index in [0.29, 0.717) is 40.6 Å². The van der Waals surface area contributed by atoms with Gasteiger partial charge in [-0.05, 0) is 60.9 Å². The first kappa shape index (κ1) is 32.8. The molecule has 7 nitrogen and oxygen atoms in total. The zero-order valence-corrected chi connectivity index (χ0v) is 26.5. The summed E-state index contributed by atoms with van der Waals surface area (Å²) in [5.41, 5.74) is -3.32. The number of carbonyl (C=O) groups excluding carboxylic acids is 1. The fraction of sp³-hybridized carbons (Fsp3) is 0.206. The third-order valence-electron chi connectivity index (χ3n) is 7.09. The maximum Gasteiger partial charge on any atom is 0.534 e.